The van der Waals surface area contributed by atoms with Crippen molar-refractivity contribution in [1.29, 1.82) is 0 Å². The van der Waals surface area contributed by atoms with Crippen molar-refractivity contribution in [1.82, 2.24) is 0 Å². The highest BCUT2D eigenvalue weighted by atomic mass is 31.2. The fourth-order valence-corrected chi connectivity index (χ4v) is 3.31. The molecule has 18 heavy (non-hydrogen) atoms. The zero-order valence-corrected chi connectivity index (χ0v) is 11.8. The normalized spacial score (nSPS) is 13.6. The molecular formula is C12H20NO4P. The Balaban J connectivity index is 3.13. The molecule has 0 radical (unpaired) electrons. The zero-order valence-electron chi connectivity index (χ0n) is 10.9. The van der Waals surface area contributed by atoms with Gasteiger partial charge in [-0.1, -0.05) is 18.2 Å². The quantitative estimate of drug-likeness (QED) is 0.779. The van der Waals surface area contributed by atoms with Gasteiger partial charge >= 0.3 is 7.60 Å². The van der Waals surface area contributed by atoms with Crippen molar-refractivity contribution in [2.45, 2.75) is 26.6 Å². The lowest BCUT2D eigenvalue weighted by Crippen LogP contribution is -2.15. The average Bonchev–Trinajstić information content (AvgIpc) is 2.32. The summed E-state index contributed by atoms with van der Waals surface area (Å²) < 4.78 is 22.9. The highest BCUT2D eigenvalue weighted by molar-refractivity contribution is 7.54. The molecule has 0 amide bonds. The summed E-state index contributed by atoms with van der Waals surface area (Å²) in [4.78, 5) is 0. The maximum atomic E-state index is 12.5. The molecular weight excluding hydrogens is 253 g/mol. The van der Waals surface area contributed by atoms with Crippen molar-refractivity contribution in [3.63, 3.8) is 0 Å². The van der Waals surface area contributed by atoms with Gasteiger partial charge in [-0.15, -0.1) is 0 Å². The van der Waals surface area contributed by atoms with Crippen LogP contribution in [0, 0.1) is 6.92 Å². The number of phenols is 1. The van der Waals surface area contributed by atoms with Crippen LogP contribution in [-0.4, -0.2) is 18.3 Å². The molecule has 1 aromatic rings. The number of aryl methyl sites for hydroxylation is 1. The molecule has 0 spiro atoms. The number of aromatic hydroxyl groups is 1. The van der Waals surface area contributed by atoms with Gasteiger partial charge in [-0.2, -0.15) is 0 Å². The molecule has 0 saturated carbocycles. The van der Waals surface area contributed by atoms with E-state index in [0.717, 1.165) is 0 Å². The minimum absolute atomic E-state index is 0.0321. The highest BCUT2D eigenvalue weighted by Gasteiger charge is 2.35. The standard InChI is InChI=1S/C12H20NO4P/c1-4-16-18(15,17-5-2)12(13)10-8-6-7-9(3)11(10)14/h6-8,12,14H,4-5,13H2,1-3H3/t12-/m0/s1. The Morgan fingerprint density at radius 1 is 1.33 bits per heavy atom. The summed E-state index contributed by atoms with van der Waals surface area (Å²) in [6.45, 7) is 5.65. The summed E-state index contributed by atoms with van der Waals surface area (Å²) in [6, 6.07) is 5.11. The lowest BCUT2D eigenvalue weighted by Gasteiger charge is -2.24. The number of benzene rings is 1. The van der Waals surface area contributed by atoms with Crippen LogP contribution in [0.25, 0.3) is 0 Å². The van der Waals surface area contributed by atoms with Gasteiger partial charge in [-0.3, -0.25) is 4.57 Å². The average molecular weight is 273 g/mol. The van der Waals surface area contributed by atoms with Gasteiger partial charge in [-0.05, 0) is 26.3 Å². The molecule has 0 bridgehead atoms. The first kappa shape index (κ1) is 15.2. The Morgan fingerprint density at radius 3 is 2.39 bits per heavy atom. The smallest absolute Gasteiger partial charge is 0.351 e. The predicted octanol–water partition coefficient (Wildman–Crippen LogP) is 2.92. The number of nitrogens with two attached hydrogens (primary N) is 1. The van der Waals surface area contributed by atoms with Gasteiger partial charge in [0, 0.05) is 5.56 Å². The fourth-order valence-electron chi connectivity index (χ4n) is 1.65. The first-order chi connectivity index (χ1) is 8.46. The lowest BCUT2D eigenvalue weighted by atomic mass is 10.1. The van der Waals surface area contributed by atoms with E-state index in [1.54, 1.807) is 39.0 Å². The summed E-state index contributed by atoms with van der Waals surface area (Å²) in [5.74, 6) is -0.957. The molecule has 5 nitrogen and oxygen atoms in total. The van der Waals surface area contributed by atoms with E-state index in [-0.39, 0.29) is 19.0 Å². The molecule has 1 rings (SSSR count). The van der Waals surface area contributed by atoms with Crippen molar-refractivity contribution in [2.75, 3.05) is 13.2 Å². The van der Waals surface area contributed by atoms with E-state index in [1.165, 1.54) is 0 Å². The number of phenolic OH excluding ortho intramolecular Hbond substituents is 1. The van der Waals surface area contributed by atoms with Crippen LogP contribution in [0.1, 0.15) is 30.8 Å². The monoisotopic (exact) mass is 273 g/mol. The Labute approximate surface area is 107 Å². The van der Waals surface area contributed by atoms with Crippen LogP contribution in [0.15, 0.2) is 18.2 Å². The van der Waals surface area contributed by atoms with Crippen molar-refractivity contribution < 1.29 is 18.7 Å². The zero-order chi connectivity index (χ0) is 13.8. The summed E-state index contributed by atoms with van der Waals surface area (Å²) >= 11 is 0. The van der Waals surface area contributed by atoms with Gasteiger partial charge in [-0.25, -0.2) is 0 Å². The number of hydrogen-bond acceptors (Lipinski definition) is 5. The van der Waals surface area contributed by atoms with E-state index >= 15 is 0 Å². The SMILES string of the molecule is CCOP(=O)(OCC)[C@H](N)c1cccc(C)c1O. The molecule has 0 heterocycles. The molecule has 0 saturated heterocycles. The number of rotatable bonds is 6. The van der Waals surface area contributed by atoms with Crippen LogP contribution in [0.4, 0.5) is 0 Å². The number of hydrogen-bond donors (Lipinski definition) is 2. The van der Waals surface area contributed by atoms with Gasteiger partial charge in [0.15, 0.2) is 0 Å². The molecule has 0 aliphatic heterocycles. The third-order valence-electron chi connectivity index (χ3n) is 2.55. The lowest BCUT2D eigenvalue weighted by molar-refractivity contribution is 0.212. The Morgan fingerprint density at radius 2 is 1.89 bits per heavy atom. The second-order valence-corrected chi connectivity index (χ2v) is 5.99. The summed E-state index contributed by atoms with van der Waals surface area (Å²) in [6.07, 6.45) is 0. The van der Waals surface area contributed by atoms with Crippen molar-refractivity contribution >= 4 is 7.60 Å². The van der Waals surface area contributed by atoms with Crippen molar-refractivity contribution in [2.24, 2.45) is 5.73 Å². The summed E-state index contributed by atoms with van der Waals surface area (Å²) in [5.41, 5.74) is 6.99. The van der Waals surface area contributed by atoms with E-state index < -0.39 is 13.4 Å². The second-order valence-electron chi connectivity index (χ2n) is 3.83. The molecule has 0 aromatic heterocycles. The first-order valence-corrected chi connectivity index (χ1v) is 7.50. The highest BCUT2D eigenvalue weighted by Crippen LogP contribution is 2.59. The predicted molar refractivity (Wildman–Crippen MR) is 70.6 cm³/mol. The molecule has 3 N–H and O–H groups in total. The second kappa shape index (κ2) is 6.34. The van der Waals surface area contributed by atoms with Gasteiger partial charge in [0.05, 0.1) is 13.2 Å². The van der Waals surface area contributed by atoms with Crippen LogP contribution in [0.3, 0.4) is 0 Å². The topological polar surface area (TPSA) is 81.8 Å². The molecule has 0 unspecified atom stereocenters. The Kier molecular flexibility index (Phi) is 5.35. The van der Waals surface area contributed by atoms with E-state index in [4.69, 9.17) is 14.8 Å². The van der Waals surface area contributed by atoms with E-state index in [2.05, 4.69) is 0 Å². The van der Waals surface area contributed by atoms with Crippen LogP contribution in [0.2, 0.25) is 0 Å². The Bertz CT molecular complexity index is 440. The maximum Gasteiger partial charge on any atom is 0.351 e. The molecule has 0 aliphatic carbocycles. The Hall–Kier alpha value is -0.870. The fraction of sp³-hybridized carbons (Fsp3) is 0.500. The van der Waals surface area contributed by atoms with Crippen molar-refractivity contribution in [3.05, 3.63) is 29.3 Å². The van der Waals surface area contributed by atoms with Gasteiger partial charge in [0.2, 0.25) is 0 Å². The van der Waals surface area contributed by atoms with E-state index in [9.17, 15) is 9.67 Å². The van der Waals surface area contributed by atoms with Crippen LogP contribution >= 0.6 is 7.60 Å². The molecule has 6 heteroatoms. The van der Waals surface area contributed by atoms with Gasteiger partial charge in [0.25, 0.3) is 0 Å². The molecule has 0 fully saturated rings. The largest absolute Gasteiger partial charge is 0.507 e. The molecule has 1 aromatic carbocycles. The van der Waals surface area contributed by atoms with Crippen LogP contribution in [-0.2, 0) is 13.6 Å². The van der Waals surface area contributed by atoms with Crippen LogP contribution < -0.4 is 5.73 Å². The molecule has 102 valence electrons. The minimum atomic E-state index is -3.46. The maximum absolute atomic E-state index is 12.5. The summed E-state index contributed by atoms with van der Waals surface area (Å²) in [5, 5.41) is 9.96. The first-order valence-electron chi connectivity index (χ1n) is 5.89. The number of para-hydroxylation sites is 1. The minimum Gasteiger partial charge on any atom is -0.507 e. The van der Waals surface area contributed by atoms with Gasteiger partial charge in [0.1, 0.15) is 11.5 Å². The van der Waals surface area contributed by atoms with Crippen molar-refractivity contribution in [3.8, 4) is 5.75 Å². The van der Waals surface area contributed by atoms with Gasteiger partial charge < -0.3 is 19.9 Å². The van der Waals surface area contributed by atoms with Crippen LogP contribution in [0.5, 0.6) is 5.75 Å². The van der Waals surface area contributed by atoms with E-state index in [0.29, 0.717) is 11.1 Å². The third kappa shape index (κ3) is 3.12. The third-order valence-corrected chi connectivity index (χ3v) is 4.74. The molecule has 0 aliphatic rings. The summed E-state index contributed by atoms with van der Waals surface area (Å²) in [7, 11) is -3.46. The molecule has 1 atom stereocenters. The van der Waals surface area contributed by atoms with E-state index in [1.807, 2.05) is 0 Å².